The fourth-order valence-corrected chi connectivity index (χ4v) is 0.642. The Morgan fingerprint density at radius 3 is 2.38 bits per heavy atom. The van der Waals surface area contributed by atoms with E-state index in [1.165, 1.54) is 13.8 Å². The van der Waals surface area contributed by atoms with Gasteiger partial charge in [0.2, 0.25) is 11.8 Å². The summed E-state index contributed by atoms with van der Waals surface area (Å²) in [6.07, 6.45) is 1.61. The second kappa shape index (κ2) is 7.27. The summed E-state index contributed by atoms with van der Waals surface area (Å²) in [6.45, 7) is 4.42. The fourth-order valence-electron chi connectivity index (χ4n) is 0.642. The molecular weight excluding hydrogens is 170 g/mol. The van der Waals surface area contributed by atoms with E-state index < -0.39 is 0 Å². The zero-order valence-corrected chi connectivity index (χ0v) is 7.96. The van der Waals surface area contributed by atoms with Gasteiger partial charge in [0.15, 0.2) is 0 Å². The molecule has 0 radical (unpaired) electrons. The summed E-state index contributed by atoms with van der Waals surface area (Å²) >= 11 is 0. The van der Waals surface area contributed by atoms with E-state index in [9.17, 15) is 9.59 Å². The van der Waals surface area contributed by atoms with Crippen molar-refractivity contribution in [3.63, 3.8) is 0 Å². The third-order valence-corrected chi connectivity index (χ3v) is 1.19. The van der Waals surface area contributed by atoms with Crippen molar-refractivity contribution in [2.24, 2.45) is 4.99 Å². The number of aliphatic imine (C=N–C) groups is 1. The van der Waals surface area contributed by atoms with Crippen LogP contribution in [0.15, 0.2) is 4.99 Å². The molecule has 0 aliphatic heterocycles. The number of rotatable bonds is 5. The maximum Gasteiger partial charge on any atom is 0.217 e. The molecule has 0 fully saturated rings. The predicted octanol–water partition coefficient (Wildman–Crippen LogP) is -0.671. The van der Waals surface area contributed by atoms with Gasteiger partial charge in [0.05, 0.1) is 13.1 Å². The Balaban J connectivity index is 3.22. The molecule has 0 aromatic heterocycles. The number of carbonyl (C=O) groups is 2. The average Bonchev–Trinajstić information content (AvgIpc) is 2.01. The van der Waals surface area contributed by atoms with Gasteiger partial charge >= 0.3 is 0 Å². The normalized spacial score (nSPS) is 10.0. The number of nitrogens with one attached hydrogen (secondary N) is 2. The van der Waals surface area contributed by atoms with Crippen LogP contribution in [-0.4, -0.2) is 37.7 Å². The Bertz CT molecular complexity index is 202. The van der Waals surface area contributed by atoms with Crippen molar-refractivity contribution in [3.05, 3.63) is 0 Å². The highest BCUT2D eigenvalue weighted by Gasteiger charge is 1.87. The Morgan fingerprint density at radius 2 is 1.85 bits per heavy atom. The van der Waals surface area contributed by atoms with Crippen LogP contribution >= 0.6 is 0 Å². The molecule has 0 aromatic carbocycles. The molecule has 0 spiro atoms. The second-order valence-corrected chi connectivity index (χ2v) is 2.51. The zero-order chi connectivity index (χ0) is 10.1. The van der Waals surface area contributed by atoms with E-state index in [1.807, 2.05) is 0 Å². The summed E-state index contributed by atoms with van der Waals surface area (Å²) in [4.78, 5) is 24.8. The molecule has 13 heavy (non-hydrogen) atoms. The lowest BCUT2D eigenvalue weighted by Crippen LogP contribution is -2.24. The topological polar surface area (TPSA) is 70.6 Å². The monoisotopic (exact) mass is 185 g/mol. The van der Waals surface area contributed by atoms with Crippen LogP contribution in [0.25, 0.3) is 0 Å². The van der Waals surface area contributed by atoms with Crippen LogP contribution in [-0.2, 0) is 9.59 Å². The van der Waals surface area contributed by atoms with Crippen LogP contribution in [0.1, 0.15) is 13.8 Å². The van der Waals surface area contributed by atoms with Crippen LogP contribution in [0.5, 0.6) is 0 Å². The van der Waals surface area contributed by atoms with Gasteiger partial charge in [0, 0.05) is 26.6 Å². The van der Waals surface area contributed by atoms with Crippen LogP contribution in [0.4, 0.5) is 0 Å². The van der Waals surface area contributed by atoms with Crippen molar-refractivity contribution in [2.75, 3.05) is 19.6 Å². The molecule has 0 rings (SSSR count). The molecule has 5 heteroatoms. The molecule has 0 aliphatic rings. The second-order valence-electron chi connectivity index (χ2n) is 2.51. The Hall–Kier alpha value is -1.39. The van der Waals surface area contributed by atoms with Gasteiger partial charge in [-0.15, -0.1) is 0 Å². The lowest BCUT2D eigenvalue weighted by Gasteiger charge is -1.97. The molecule has 0 bridgehead atoms. The van der Waals surface area contributed by atoms with Gasteiger partial charge < -0.3 is 10.6 Å². The fraction of sp³-hybridized carbons (Fsp3) is 0.625. The molecule has 0 aromatic rings. The standard InChI is InChI=1S/C8H15N3O2/c1-7(12)10-5-3-9-4-6-11-8(2)13/h3H,4-6H2,1-2H3,(H,10,12)(H,11,13). The summed E-state index contributed by atoms with van der Waals surface area (Å²) in [5.74, 6) is -0.134. The highest BCUT2D eigenvalue weighted by molar-refractivity contribution is 5.76. The third kappa shape index (κ3) is 10.6. The van der Waals surface area contributed by atoms with Gasteiger partial charge in [0.25, 0.3) is 0 Å². The van der Waals surface area contributed by atoms with E-state index in [0.717, 1.165) is 0 Å². The van der Waals surface area contributed by atoms with Gasteiger partial charge in [-0.3, -0.25) is 14.6 Å². The SMILES string of the molecule is CC(=O)NCC=NCCNC(C)=O. The van der Waals surface area contributed by atoms with Crippen molar-refractivity contribution in [3.8, 4) is 0 Å². The van der Waals surface area contributed by atoms with E-state index in [4.69, 9.17) is 0 Å². The van der Waals surface area contributed by atoms with E-state index in [1.54, 1.807) is 6.21 Å². The summed E-state index contributed by atoms with van der Waals surface area (Å²) in [7, 11) is 0. The molecular formula is C8H15N3O2. The highest BCUT2D eigenvalue weighted by Crippen LogP contribution is 1.67. The van der Waals surface area contributed by atoms with E-state index in [0.29, 0.717) is 19.6 Å². The quantitative estimate of drug-likeness (QED) is 0.440. The first-order chi connectivity index (χ1) is 6.13. The highest BCUT2D eigenvalue weighted by atomic mass is 16.1. The number of carbonyl (C=O) groups excluding carboxylic acids is 2. The Kier molecular flexibility index (Phi) is 6.49. The lowest BCUT2D eigenvalue weighted by atomic mass is 10.5. The van der Waals surface area contributed by atoms with Gasteiger partial charge in [-0.05, 0) is 0 Å². The molecule has 2 amide bonds. The van der Waals surface area contributed by atoms with Crippen LogP contribution in [0.2, 0.25) is 0 Å². The minimum Gasteiger partial charge on any atom is -0.354 e. The van der Waals surface area contributed by atoms with Crippen molar-refractivity contribution in [1.29, 1.82) is 0 Å². The van der Waals surface area contributed by atoms with E-state index in [-0.39, 0.29) is 11.8 Å². The number of hydrogen-bond acceptors (Lipinski definition) is 3. The first-order valence-corrected chi connectivity index (χ1v) is 4.10. The van der Waals surface area contributed by atoms with Crippen LogP contribution < -0.4 is 10.6 Å². The van der Waals surface area contributed by atoms with Crippen molar-refractivity contribution < 1.29 is 9.59 Å². The predicted molar refractivity (Wildman–Crippen MR) is 50.7 cm³/mol. The van der Waals surface area contributed by atoms with E-state index >= 15 is 0 Å². The van der Waals surface area contributed by atoms with Crippen molar-refractivity contribution >= 4 is 18.0 Å². The van der Waals surface area contributed by atoms with Crippen LogP contribution in [0, 0.1) is 0 Å². The zero-order valence-electron chi connectivity index (χ0n) is 7.96. The molecule has 0 aliphatic carbocycles. The molecule has 0 atom stereocenters. The van der Waals surface area contributed by atoms with E-state index in [2.05, 4.69) is 15.6 Å². The number of hydrogen-bond donors (Lipinski definition) is 2. The molecule has 74 valence electrons. The minimum absolute atomic E-state index is 0.0583. The van der Waals surface area contributed by atoms with Crippen molar-refractivity contribution in [1.82, 2.24) is 10.6 Å². The minimum atomic E-state index is -0.0756. The smallest absolute Gasteiger partial charge is 0.217 e. The summed E-state index contributed by atoms with van der Waals surface area (Å²) in [6, 6.07) is 0. The van der Waals surface area contributed by atoms with Gasteiger partial charge in [-0.2, -0.15) is 0 Å². The molecule has 0 heterocycles. The largest absolute Gasteiger partial charge is 0.354 e. The van der Waals surface area contributed by atoms with Gasteiger partial charge in [0.1, 0.15) is 0 Å². The van der Waals surface area contributed by atoms with Crippen molar-refractivity contribution in [2.45, 2.75) is 13.8 Å². The first kappa shape index (κ1) is 11.6. The maximum absolute atomic E-state index is 10.4. The molecule has 2 N–H and O–H groups in total. The van der Waals surface area contributed by atoms with Crippen LogP contribution in [0.3, 0.4) is 0 Å². The maximum atomic E-state index is 10.4. The summed E-state index contributed by atoms with van der Waals surface area (Å²) in [5, 5.41) is 5.17. The lowest BCUT2D eigenvalue weighted by molar-refractivity contribution is -0.119. The summed E-state index contributed by atoms with van der Waals surface area (Å²) < 4.78 is 0. The average molecular weight is 185 g/mol. The molecule has 0 unspecified atom stereocenters. The first-order valence-electron chi connectivity index (χ1n) is 4.10. The number of amides is 2. The van der Waals surface area contributed by atoms with Gasteiger partial charge in [-0.25, -0.2) is 0 Å². The third-order valence-electron chi connectivity index (χ3n) is 1.19. The Labute approximate surface area is 77.6 Å². The molecule has 5 nitrogen and oxygen atoms in total. The molecule has 0 saturated carbocycles. The summed E-state index contributed by atoms with van der Waals surface area (Å²) in [5.41, 5.74) is 0. The Morgan fingerprint density at radius 1 is 1.23 bits per heavy atom. The number of nitrogens with zero attached hydrogens (tertiary/aromatic N) is 1. The van der Waals surface area contributed by atoms with Gasteiger partial charge in [-0.1, -0.05) is 0 Å². The molecule has 0 saturated heterocycles.